The summed E-state index contributed by atoms with van der Waals surface area (Å²) in [5.74, 6) is -0.149. The van der Waals surface area contributed by atoms with Crippen LogP contribution in [-0.4, -0.2) is 56.2 Å². The fourth-order valence-corrected chi connectivity index (χ4v) is 3.96. The lowest BCUT2D eigenvalue weighted by atomic mass is 10.1. The van der Waals surface area contributed by atoms with Gasteiger partial charge in [0.25, 0.3) is 5.91 Å². The zero-order chi connectivity index (χ0) is 23.8. The molecule has 7 heteroatoms. The van der Waals surface area contributed by atoms with E-state index >= 15 is 0 Å². The third-order valence-corrected chi connectivity index (χ3v) is 5.78. The molecule has 34 heavy (non-hydrogen) atoms. The van der Waals surface area contributed by atoms with Gasteiger partial charge in [-0.05, 0) is 35.9 Å². The molecule has 4 rings (SSSR count). The number of hydrogen-bond acceptors (Lipinski definition) is 4. The van der Waals surface area contributed by atoms with Crippen molar-refractivity contribution in [3.8, 4) is 0 Å². The standard InChI is InChI=1S/C27H30N4O3/c1-30(24-13-6-3-7-14-24)26(32)22-11-8-12-23(17-22)29-27(33)28-18-25-20-31(15-16-34-25)19-21-9-4-2-5-10-21/h2-14,17,25H,15-16,18-20H2,1H3,(H2,28,29,33). The van der Waals surface area contributed by atoms with Crippen molar-refractivity contribution in [2.24, 2.45) is 0 Å². The van der Waals surface area contributed by atoms with Gasteiger partial charge < -0.3 is 20.3 Å². The topological polar surface area (TPSA) is 73.9 Å². The molecule has 0 bridgehead atoms. The number of ether oxygens (including phenoxy) is 1. The Labute approximate surface area is 200 Å². The van der Waals surface area contributed by atoms with Gasteiger partial charge in [-0.1, -0.05) is 54.6 Å². The van der Waals surface area contributed by atoms with Crippen LogP contribution >= 0.6 is 0 Å². The molecule has 0 aromatic heterocycles. The van der Waals surface area contributed by atoms with E-state index < -0.39 is 0 Å². The van der Waals surface area contributed by atoms with E-state index in [9.17, 15) is 9.59 Å². The highest BCUT2D eigenvalue weighted by Crippen LogP contribution is 2.17. The number of nitrogens with zero attached hydrogens (tertiary/aromatic N) is 2. The summed E-state index contributed by atoms with van der Waals surface area (Å²) in [7, 11) is 1.73. The van der Waals surface area contributed by atoms with Crippen LogP contribution in [0.2, 0.25) is 0 Å². The number of amides is 3. The second-order valence-electron chi connectivity index (χ2n) is 8.33. The Balaban J connectivity index is 1.27. The highest BCUT2D eigenvalue weighted by Gasteiger charge is 2.21. The summed E-state index contributed by atoms with van der Waals surface area (Å²) < 4.78 is 5.83. The molecule has 3 amide bonds. The normalized spacial score (nSPS) is 16.0. The van der Waals surface area contributed by atoms with Crippen molar-refractivity contribution in [1.29, 1.82) is 0 Å². The summed E-state index contributed by atoms with van der Waals surface area (Å²) in [5, 5.41) is 5.70. The van der Waals surface area contributed by atoms with Crippen molar-refractivity contribution in [3.63, 3.8) is 0 Å². The minimum absolute atomic E-state index is 0.0735. The number of rotatable bonds is 7. The molecule has 1 heterocycles. The Morgan fingerprint density at radius 1 is 1.00 bits per heavy atom. The summed E-state index contributed by atoms with van der Waals surface area (Å²) >= 11 is 0. The third kappa shape index (κ3) is 6.43. The van der Waals surface area contributed by atoms with Gasteiger partial charge in [0.1, 0.15) is 0 Å². The average molecular weight is 459 g/mol. The number of benzene rings is 3. The molecule has 1 aliphatic rings. The number of carbonyl (C=O) groups excluding carboxylic acids is 2. The first-order valence-electron chi connectivity index (χ1n) is 11.4. The predicted molar refractivity (Wildman–Crippen MR) is 134 cm³/mol. The molecule has 1 atom stereocenters. The summed E-state index contributed by atoms with van der Waals surface area (Å²) in [4.78, 5) is 29.2. The van der Waals surface area contributed by atoms with Crippen LogP contribution in [0.15, 0.2) is 84.9 Å². The fourth-order valence-electron chi connectivity index (χ4n) is 3.96. The van der Waals surface area contributed by atoms with Gasteiger partial charge in [-0.2, -0.15) is 0 Å². The molecule has 0 spiro atoms. The van der Waals surface area contributed by atoms with E-state index in [1.165, 1.54) is 5.56 Å². The molecule has 176 valence electrons. The predicted octanol–water partition coefficient (Wildman–Crippen LogP) is 3.99. The molecular weight excluding hydrogens is 428 g/mol. The maximum absolute atomic E-state index is 12.9. The maximum atomic E-state index is 12.9. The van der Waals surface area contributed by atoms with E-state index in [2.05, 4.69) is 27.7 Å². The number of urea groups is 1. The molecule has 3 aromatic rings. The Morgan fingerprint density at radius 2 is 1.74 bits per heavy atom. The number of anilines is 2. The van der Waals surface area contributed by atoms with Gasteiger partial charge in [-0.3, -0.25) is 9.69 Å². The van der Waals surface area contributed by atoms with Crippen molar-refractivity contribution in [1.82, 2.24) is 10.2 Å². The van der Waals surface area contributed by atoms with Gasteiger partial charge in [0.2, 0.25) is 0 Å². The summed E-state index contributed by atoms with van der Waals surface area (Å²) in [6, 6.07) is 26.4. The molecule has 1 saturated heterocycles. The van der Waals surface area contributed by atoms with Crippen molar-refractivity contribution >= 4 is 23.3 Å². The first-order valence-corrected chi connectivity index (χ1v) is 11.4. The molecular formula is C27H30N4O3. The molecule has 1 unspecified atom stereocenters. The number of morpholine rings is 1. The van der Waals surface area contributed by atoms with Crippen LogP contribution < -0.4 is 15.5 Å². The van der Waals surface area contributed by atoms with E-state index in [0.717, 1.165) is 25.3 Å². The largest absolute Gasteiger partial charge is 0.374 e. The Hall–Kier alpha value is -3.68. The van der Waals surface area contributed by atoms with E-state index in [1.807, 2.05) is 48.5 Å². The third-order valence-electron chi connectivity index (χ3n) is 5.78. The number of nitrogens with one attached hydrogen (secondary N) is 2. The van der Waals surface area contributed by atoms with Crippen molar-refractivity contribution in [2.45, 2.75) is 12.6 Å². The first-order chi connectivity index (χ1) is 16.6. The highest BCUT2D eigenvalue weighted by molar-refractivity contribution is 6.06. The summed E-state index contributed by atoms with van der Waals surface area (Å²) in [6.07, 6.45) is -0.0735. The Bertz CT molecular complexity index is 1090. The lowest BCUT2D eigenvalue weighted by molar-refractivity contribution is -0.0285. The van der Waals surface area contributed by atoms with Crippen LogP contribution in [0.1, 0.15) is 15.9 Å². The Kier molecular flexibility index (Phi) is 7.91. The Morgan fingerprint density at radius 3 is 2.50 bits per heavy atom. The smallest absolute Gasteiger partial charge is 0.319 e. The molecule has 0 aliphatic carbocycles. The van der Waals surface area contributed by atoms with Crippen molar-refractivity contribution < 1.29 is 14.3 Å². The zero-order valence-corrected chi connectivity index (χ0v) is 19.3. The van der Waals surface area contributed by atoms with Gasteiger partial charge in [0.05, 0.1) is 12.7 Å². The second kappa shape index (κ2) is 11.4. The highest BCUT2D eigenvalue weighted by atomic mass is 16.5. The van der Waals surface area contributed by atoms with Gasteiger partial charge in [-0.15, -0.1) is 0 Å². The average Bonchev–Trinajstić information content (AvgIpc) is 2.88. The second-order valence-corrected chi connectivity index (χ2v) is 8.33. The van der Waals surface area contributed by atoms with Crippen molar-refractivity contribution in [2.75, 3.05) is 43.5 Å². The van der Waals surface area contributed by atoms with E-state index in [0.29, 0.717) is 24.4 Å². The van der Waals surface area contributed by atoms with Gasteiger partial charge in [0, 0.05) is 50.2 Å². The molecule has 1 fully saturated rings. The fraction of sp³-hybridized carbons (Fsp3) is 0.259. The number of para-hydroxylation sites is 1. The van der Waals surface area contributed by atoms with Crippen molar-refractivity contribution in [3.05, 3.63) is 96.1 Å². The molecule has 0 radical (unpaired) electrons. The van der Waals surface area contributed by atoms with Gasteiger partial charge in [0.15, 0.2) is 0 Å². The lowest BCUT2D eigenvalue weighted by Crippen LogP contribution is -2.47. The first kappa shape index (κ1) is 23.5. The number of carbonyl (C=O) groups is 2. The minimum atomic E-state index is -0.329. The van der Waals surface area contributed by atoms with Crippen LogP contribution in [-0.2, 0) is 11.3 Å². The van der Waals surface area contributed by atoms with Crippen LogP contribution in [0.3, 0.4) is 0 Å². The number of hydrogen-bond donors (Lipinski definition) is 2. The lowest BCUT2D eigenvalue weighted by Gasteiger charge is -2.33. The van der Waals surface area contributed by atoms with E-state index in [-0.39, 0.29) is 18.0 Å². The van der Waals surface area contributed by atoms with E-state index in [4.69, 9.17) is 4.74 Å². The molecule has 0 saturated carbocycles. The van der Waals surface area contributed by atoms with Crippen LogP contribution in [0.25, 0.3) is 0 Å². The molecule has 7 nitrogen and oxygen atoms in total. The van der Waals surface area contributed by atoms with Crippen LogP contribution in [0.4, 0.5) is 16.2 Å². The molecule has 3 aromatic carbocycles. The van der Waals surface area contributed by atoms with Gasteiger partial charge in [-0.25, -0.2) is 4.79 Å². The summed E-state index contributed by atoms with van der Waals surface area (Å²) in [6.45, 7) is 3.54. The molecule has 2 N–H and O–H groups in total. The quantitative estimate of drug-likeness (QED) is 0.562. The summed E-state index contributed by atoms with van der Waals surface area (Å²) in [5.41, 5.74) is 3.12. The zero-order valence-electron chi connectivity index (χ0n) is 19.3. The maximum Gasteiger partial charge on any atom is 0.319 e. The minimum Gasteiger partial charge on any atom is -0.374 e. The van der Waals surface area contributed by atoms with E-state index in [1.54, 1.807) is 36.2 Å². The molecule has 1 aliphatic heterocycles. The van der Waals surface area contributed by atoms with Gasteiger partial charge >= 0.3 is 6.03 Å². The van der Waals surface area contributed by atoms with Crippen LogP contribution in [0.5, 0.6) is 0 Å². The SMILES string of the molecule is CN(C(=O)c1cccc(NC(=O)NCC2CN(Cc3ccccc3)CCO2)c1)c1ccccc1. The monoisotopic (exact) mass is 458 g/mol. The van der Waals surface area contributed by atoms with Crippen LogP contribution in [0, 0.1) is 0 Å².